The second-order valence-corrected chi connectivity index (χ2v) is 4.06. The van der Waals surface area contributed by atoms with Gasteiger partial charge in [0.25, 0.3) is 0 Å². The Balaban J connectivity index is 2.35. The van der Waals surface area contributed by atoms with Crippen LogP contribution < -0.4 is 21.1 Å². The fraction of sp³-hybridized carbons (Fsp3) is 0.500. The summed E-state index contributed by atoms with van der Waals surface area (Å²) < 4.78 is 0. The first-order valence-electron chi connectivity index (χ1n) is 5.64. The van der Waals surface area contributed by atoms with Crippen LogP contribution >= 0.6 is 0 Å². The van der Waals surface area contributed by atoms with Crippen molar-refractivity contribution in [2.75, 3.05) is 43.1 Å². The average Bonchev–Trinajstić information content (AvgIpc) is 2.39. The Hall–Kier alpha value is -1.93. The van der Waals surface area contributed by atoms with Crippen molar-refractivity contribution < 1.29 is 9.90 Å². The third kappa shape index (κ3) is 2.66. The third-order valence-corrected chi connectivity index (χ3v) is 2.68. The highest BCUT2D eigenvalue weighted by atomic mass is 16.4. The van der Waals surface area contributed by atoms with Crippen molar-refractivity contribution in [3.63, 3.8) is 0 Å². The number of hydrogen-bond donors (Lipinski definition) is 3. The van der Waals surface area contributed by atoms with Gasteiger partial charge in [0.15, 0.2) is 5.69 Å². The van der Waals surface area contributed by atoms with Crippen LogP contribution in [-0.4, -0.2) is 54.3 Å². The van der Waals surface area contributed by atoms with Gasteiger partial charge < -0.3 is 15.3 Å². The second-order valence-electron chi connectivity index (χ2n) is 4.06. The van der Waals surface area contributed by atoms with Gasteiger partial charge in [0.2, 0.25) is 5.95 Å². The highest BCUT2D eigenvalue weighted by Crippen LogP contribution is 2.16. The zero-order chi connectivity index (χ0) is 13.1. The average molecular weight is 252 g/mol. The van der Waals surface area contributed by atoms with Crippen LogP contribution in [0.15, 0.2) is 6.07 Å². The molecule has 0 unspecified atom stereocenters. The fourth-order valence-electron chi connectivity index (χ4n) is 1.75. The Morgan fingerprint density at radius 1 is 1.50 bits per heavy atom. The van der Waals surface area contributed by atoms with Crippen molar-refractivity contribution in [2.24, 2.45) is 5.84 Å². The Kier molecular flexibility index (Phi) is 3.58. The van der Waals surface area contributed by atoms with Crippen molar-refractivity contribution in [3.8, 4) is 0 Å². The molecule has 2 heterocycles. The number of carbonyl (C=O) groups is 1. The number of aromatic nitrogens is 2. The molecule has 1 aliphatic heterocycles. The summed E-state index contributed by atoms with van der Waals surface area (Å²) >= 11 is 0. The number of anilines is 2. The molecule has 18 heavy (non-hydrogen) atoms. The van der Waals surface area contributed by atoms with Crippen LogP contribution in [0.2, 0.25) is 0 Å². The standard InChI is InChI=1S/C10H16N6O2/c1-15(11)10-13-7(9(17)18)6-8(14-10)16-4-2-12-3-5-16/h6,12H,2-5,11H2,1H3,(H,17,18). The molecular formula is C10H16N6O2. The molecule has 8 nitrogen and oxygen atoms in total. The van der Waals surface area contributed by atoms with Crippen molar-refractivity contribution in [2.45, 2.75) is 0 Å². The summed E-state index contributed by atoms with van der Waals surface area (Å²) in [5.41, 5.74) is -0.0502. The van der Waals surface area contributed by atoms with Crippen LogP contribution in [0.4, 0.5) is 11.8 Å². The summed E-state index contributed by atoms with van der Waals surface area (Å²) in [6.07, 6.45) is 0. The van der Waals surface area contributed by atoms with Crippen LogP contribution in [-0.2, 0) is 0 Å². The van der Waals surface area contributed by atoms with Gasteiger partial charge >= 0.3 is 5.97 Å². The van der Waals surface area contributed by atoms with Gasteiger partial charge in [-0.3, -0.25) is 5.01 Å². The smallest absolute Gasteiger partial charge is 0.354 e. The monoisotopic (exact) mass is 252 g/mol. The van der Waals surface area contributed by atoms with Crippen molar-refractivity contribution in [1.82, 2.24) is 15.3 Å². The quantitative estimate of drug-likeness (QED) is 0.459. The van der Waals surface area contributed by atoms with E-state index in [1.54, 1.807) is 7.05 Å². The first kappa shape index (κ1) is 12.5. The molecule has 8 heteroatoms. The molecule has 0 radical (unpaired) electrons. The SMILES string of the molecule is CN(N)c1nc(C(=O)O)cc(N2CCNCC2)n1. The predicted molar refractivity (Wildman–Crippen MR) is 66.7 cm³/mol. The van der Waals surface area contributed by atoms with Crippen LogP contribution in [0, 0.1) is 0 Å². The molecule has 98 valence electrons. The lowest BCUT2D eigenvalue weighted by Crippen LogP contribution is -2.44. The number of nitrogens with two attached hydrogens (primary N) is 1. The Morgan fingerprint density at radius 2 is 2.17 bits per heavy atom. The molecule has 4 N–H and O–H groups in total. The van der Waals surface area contributed by atoms with Gasteiger partial charge in [-0.1, -0.05) is 0 Å². The zero-order valence-electron chi connectivity index (χ0n) is 10.1. The van der Waals surface area contributed by atoms with E-state index < -0.39 is 5.97 Å². The van der Waals surface area contributed by atoms with Crippen molar-refractivity contribution in [1.29, 1.82) is 0 Å². The number of nitrogens with one attached hydrogen (secondary N) is 1. The summed E-state index contributed by atoms with van der Waals surface area (Å²) in [6.45, 7) is 3.26. The number of rotatable bonds is 3. The molecule has 1 saturated heterocycles. The molecular weight excluding hydrogens is 236 g/mol. The third-order valence-electron chi connectivity index (χ3n) is 2.68. The topological polar surface area (TPSA) is 108 Å². The molecule has 0 spiro atoms. The number of hydrazine groups is 1. The molecule has 1 aromatic rings. The van der Waals surface area contributed by atoms with Crippen LogP contribution in [0.5, 0.6) is 0 Å². The minimum absolute atomic E-state index is 0.0502. The summed E-state index contributed by atoms with van der Waals surface area (Å²) in [6, 6.07) is 1.47. The lowest BCUT2D eigenvalue weighted by molar-refractivity contribution is 0.0690. The lowest BCUT2D eigenvalue weighted by Gasteiger charge is -2.29. The molecule has 2 rings (SSSR count). The summed E-state index contributed by atoms with van der Waals surface area (Å²) in [5, 5.41) is 13.5. The number of hydrogen-bond acceptors (Lipinski definition) is 7. The maximum absolute atomic E-state index is 11.0. The van der Waals surface area contributed by atoms with Gasteiger partial charge in [0.1, 0.15) is 5.82 Å². The van der Waals surface area contributed by atoms with E-state index in [-0.39, 0.29) is 11.6 Å². The molecule has 1 aromatic heterocycles. The summed E-state index contributed by atoms with van der Waals surface area (Å²) in [7, 11) is 1.57. The largest absolute Gasteiger partial charge is 0.477 e. The molecule has 0 aliphatic carbocycles. The highest BCUT2D eigenvalue weighted by Gasteiger charge is 2.17. The number of carboxylic acid groups (broad SMARTS) is 1. The van der Waals surface area contributed by atoms with Gasteiger partial charge in [0.05, 0.1) is 0 Å². The minimum Gasteiger partial charge on any atom is -0.477 e. The Bertz CT molecular complexity index is 444. The molecule has 0 amide bonds. The number of nitrogens with zero attached hydrogens (tertiary/aromatic N) is 4. The van der Waals surface area contributed by atoms with E-state index in [1.165, 1.54) is 11.1 Å². The van der Waals surface area contributed by atoms with Gasteiger partial charge in [-0.25, -0.2) is 15.6 Å². The van der Waals surface area contributed by atoms with E-state index >= 15 is 0 Å². The normalized spacial score (nSPS) is 15.6. The molecule has 0 aromatic carbocycles. The van der Waals surface area contributed by atoms with Crippen molar-refractivity contribution >= 4 is 17.7 Å². The maximum atomic E-state index is 11.0. The Labute approximate surface area is 104 Å². The first-order chi connectivity index (χ1) is 8.58. The predicted octanol–water partition coefficient (Wildman–Crippen LogP) is -1.11. The van der Waals surface area contributed by atoms with Gasteiger partial charge in [-0.15, -0.1) is 0 Å². The second kappa shape index (κ2) is 5.15. The first-order valence-corrected chi connectivity index (χ1v) is 5.64. The molecule has 0 saturated carbocycles. The number of piperazine rings is 1. The van der Waals surface area contributed by atoms with Crippen LogP contribution in [0.3, 0.4) is 0 Å². The minimum atomic E-state index is -1.09. The van der Waals surface area contributed by atoms with Crippen LogP contribution in [0.25, 0.3) is 0 Å². The molecule has 1 fully saturated rings. The molecule has 0 atom stereocenters. The van der Waals surface area contributed by atoms with Gasteiger partial charge in [-0.2, -0.15) is 4.98 Å². The molecule has 1 aliphatic rings. The van der Waals surface area contributed by atoms with E-state index in [1.807, 2.05) is 4.90 Å². The van der Waals surface area contributed by atoms with E-state index in [9.17, 15) is 4.79 Å². The van der Waals surface area contributed by atoms with Crippen LogP contribution in [0.1, 0.15) is 10.5 Å². The molecule has 0 bridgehead atoms. The fourth-order valence-corrected chi connectivity index (χ4v) is 1.75. The van der Waals surface area contributed by atoms with Gasteiger partial charge in [0, 0.05) is 39.3 Å². The summed E-state index contributed by atoms with van der Waals surface area (Å²) in [5.74, 6) is 5.27. The van der Waals surface area contributed by atoms with E-state index in [2.05, 4.69) is 15.3 Å². The number of aromatic carboxylic acids is 1. The summed E-state index contributed by atoms with van der Waals surface area (Å²) in [4.78, 5) is 21.2. The van der Waals surface area contributed by atoms with Crippen molar-refractivity contribution in [3.05, 3.63) is 11.8 Å². The Morgan fingerprint density at radius 3 is 2.72 bits per heavy atom. The van der Waals surface area contributed by atoms with E-state index in [0.717, 1.165) is 26.2 Å². The number of carboxylic acids is 1. The zero-order valence-corrected chi connectivity index (χ0v) is 10.1. The van der Waals surface area contributed by atoms with E-state index in [4.69, 9.17) is 10.9 Å². The van der Waals surface area contributed by atoms with Gasteiger partial charge in [-0.05, 0) is 0 Å². The van der Waals surface area contributed by atoms with E-state index in [0.29, 0.717) is 5.82 Å². The lowest BCUT2D eigenvalue weighted by atomic mass is 10.3. The highest BCUT2D eigenvalue weighted by molar-refractivity contribution is 5.86. The maximum Gasteiger partial charge on any atom is 0.354 e.